The van der Waals surface area contributed by atoms with Crippen LogP contribution in [0.1, 0.15) is 5.69 Å². The summed E-state index contributed by atoms with van der Waals surface area (Å²) < 4.78 is 1.94. The van der Waals surface area contributed by atoms with Gasteiger partial charge in [0.15, 0.2) is 0 Å². The molecule has 0 aliphatic carbocycles. The van der Waals surface area contributed by atoms with E-state index in [0.29, 0.717) is 11.6 Å². The molecule has 0 aliphatic rings. The summed E-state index contributed by atoms with van der Waals surface area (Å²) in [5.41, 5.74) is 4.54. The SMILES string of the molecule is Clc1ccc2scnc2c1NCc1cccc(Br)n1. The van der Waals surface area contributed by atoms with Crippen LogP contribution in [0.4, 0.5) is 5.69 Å². The topological polar surface area (TPSA) is 37.8 Å². The molecule has 0 spiro atoms. The van der Waals surface area contributed by atoms with Crippen molar-refractivity contribution < 1.29 is 0 Å². The first-order valence-corrected chi connectivity index (χ1v) is 7.66. The van der Waals surface area contributed by atoms with Crippen molar-refractivity contribution in [2.75, 3.05) is 5.32 Å². The number of hydrogen-bond acceptors (Lipinski definition) is 4. The maximum atomic E-state index is 6.23. The number of halogens is 2. The van der Waals surface area contributed by atoms with Gasteiger partial charge in [-0.25, -0.2) is 9.97 Å². The van der Waals surface area contributed by atoms with Gasteiger partial charge < -0.3 is 5.32 Å². The van der Waals surface area contributed by atoms with E-state index in [9.17, 15) is 0 Å². The number of benzene rings is 1. The van der Waals surface area contributed by atoms with Gasteiger partial charge in [-0.3, -0.25) is 0 Å². The molecule has 3 aromatic rings. The lowest BCUT2D eigenvalue weighted by Crippen LogP contribution is -2.02. The lowest BCUT2D eigenvalue weighted by molar-refractivity contribution is 1.03. The quantitative estimate of drug-likeness (QED) is 0.692. The minimum Gasteiger partial charge on any atom is -0.376 e. The zero-order valence-electron chi connectivity index (χ0n) is 9.73. The summed E-state index contributed by atoms with van der Waals surface area (Å²) in [5, 5.41) is 3.99. The van der Waals surface area contributed by atoms with Gasteiger partial charge in [0.2, 0.25) is 0 Å². The second kappa shape index (κ2) is 5.45. The summed E-state index contributed by atoms with van der Waals surface area (Å²) >= 11 is 11.2. The summed E-state index contributed by atoms with van der Waals surface area (Å²) in [5.74, 6) is 0. The van der Waals surface area contributed by atoms with Crippen molar-refractivity contribution in [1.29, 1.82) is 0 Å². The van der Waals surface area contributed by atoms with E-state index in [4.69, 9.17) is 11.6 Å². The zero-order valence-corrected chi connectivity index (χ0v) is 12.9. The van der Waals surface area contributed by atoms with Crippen molar-refractivity contribution in [2.24, 2.45) is 0 Å². The average molecular weight is 355 g/mol. The molecule has 0 saturated carbocycles. The molecular weight excluding hydrogens is 346 g/mol. The number of rotatable bonds is 3. The van der Waals surface area contributed by atoms with Gasteiger partial charge in [-0.1, -0.05) is 17.7 Å². The molecule has 0 amide bonds. The first-order valence-electron chi connectivity index (χ1n) is 5.61. The van der Waals surface area contributed by atoms with Crippen LogP contribution < -0.4 is 5.32 Å². The third-order valence-electron chi connectivity index (χ3n) is 2.67. The number of aromatic nitrogens is 2. The van der Waals surface area contributed by atoms with E-state index in [2.05, 4.69) is 31.2 Å². The second-order valence-electron chi connectivity index (χ2n) is 3.93. The molecule has 1 aromatic carbocycles. The molecule has 3 rings (SSSR count). The minimum absolute atomic E-state index is 0.607. The summed E-state index contributed by atoms with van der Waals surface area (Å²) in [6.07, 6.45) is 0. The standard InChI is InChI=1S/C13H9BrClN3S/c14-11-3-1-2-8(18-11)6-16-12-9(15)4-5-10-13(12)17-7-19-10/h1-5,7,16H,6H2. The average Bonchev–Trinajstić information content (AvgIpc) is 2.86. The van der Waals surface area contributed by atoms with Crippen molar-refractivity contribution in [1.82, 2.24) is 9.97 Å². The summed E-state index contributed by atoms with van der Waals surface area (Å²) in [7, 11) is 0. The summed E-state index contributed by atoms with van der Waals surface area (Å²) in [6, 6.07) is 9.69. The first-order chi connectivity index (χ1) is 9.24. The highest BCUT2D eigenvalue weighted by Crippen LogP contribution is 2.32. The van der Waals surface area contributed by atoms with E-state index >= 15 is 0 Å². The third-order valence-corrected chi connectivity index (χ3v) is 4.22. The second-order valence-corrected chi connectivity index (χ2v) is 6.03. The number of fused-ring (bicyclic) bond motifs is 1. The van der Waals surface area contributed by atoms with Crippen LogP contribution in [-0.4, -0.2) is 9.97 Å². The highest BCUT2D eigenvalue weighted by molar-refractivity contribution is 9.10. The molecule has 0 unspecified atom stereocenters. The van der Waals surface area contributed by atoms with E-state index in [0.717, 1.165) is 26.2 Å². The number of nitrogens with zero attached hydrogens (tertiary/aromatic N) is 2. The van der Waals surface area contributed by atoms with Crippen molar-refractivity contribution in [3.8, 4) is 0 Å². The van der Waals surface area contributed by atoms with Crippen molar-refractivity contribution in [3.05, 3.63) is 51.2 Å². The summed E-state index contributed by atoms with van der Waals surface area (Å²) in [6.45, 7) is 0.607. The number of hydrogen-bond donors (Lipinski definition) is 1. The van der Waals surface area contributed by atoms with E-state index in [1.807, 2.05) is 35.8 Å². The Balaban J connectivity index is 1.89. The van der Waals surface area contributed by atoms with Gasteiger partial charge in [0.25, 0.3) is 0 Å². The van der Waals surface area contributed by atoms with Crippen LogP contribution in [0.3, 0.4) is 0 Å². The molecule has 2 heterocycles. The fraction of sp³-hybridized carbons (Fsp3) is 0.0769. The predicted octanol–water partition coefficient (Wildman–Crippen LogP) is 4.72. The molecule has 0 fully saturated rings. The normalized spacial score (nSPS) is 10.8. The van der Waals surface area contributed by atoms with Crippen LogP contribution in [0, 0.1) is 0 Å². The molecule has 0 bridgehead atoms. The lowest BCUT2D eigenvalue weighted by atomic mass is 10.2. The van der Waals surface area contributed by atoms with E-state index in [1.165, 1.54) is 0 Å². The molecule has 96 valence electrons. The van der Waals surface area contributed by atoms with Crippen molar-refractivity contribution in [3.63, 3.8) is 0 Å². The van der Waals surface area contributed by atoms with E-state index in [-0.39, 0.29) is 0 Å². The van der Waals surface area contributed by atoms with Gasteiger partial charge in [0.05, 0.1) is 33.2 Å². The van der Waals surface area contributed by atoms with Gasteiger partial charge in [-0.2, -0.15) is 0 Å². The maximum absolute atomic E-state index is 6.23. The number of nitrogens with one attached hydrogen (secondary N) is 1. The van der Waals surface area contributed by atoms with Crippen LogP contribution >= 0.6 is 38.9 Å². The largest absolute Gasteiger partial charge is 0.376 e. The van der Waals surface area contributed by atoms with Gasteiger partial charge in [-0.15, -0.1) is 11.3 Å². The molecule has 0 aliphatic heterocycles. The smallest absolute Gasteiger partial charge is 0.106 e. The van der Waals surface area contributed by atoms with Crippen LogP contribution in [0.25, 0.3) is 10.2 Å². The molecule has 19 heavy (non-hydrogen) atoms. The fourth-order valence-electron chi connectivity index (χ4n) is 1.80. The molecule has 6 heteroatoms. The van der Waals surface area contributed by atoms with Gasteiger partial charge >= 0.3 is 0 Å². The highest BCUT2D eigenvalue weighted by Gasteiger charge is 2.08. The zero-order chi connectivity index (χ0) is 13.2. The molecule has 0 atom stereocenters. The Hall–Kier alpha value is -1.17. The molecule has 0 radical (unpaired) electrons. The molecule has 3 nitrogen and oxygen atoms in total. The number of pyridine rings is 1. The molecule has 2 aromatic heterocycles. The minimum atomic E-state index is 0.607. The Bertz CT molecular complexity index is 729. The number of thiazole rings is 1. The van der Waals surface area contributed by atoms with Crippen LogP contribution in [0.2, 0.25) is 5.02 Å². The Morgan fingerprint density at radius 1 is 1.26 bits per heavy atom. The van der Waals surface area contributed by atoms with Crippen molar-refractivity contribution in [2.45, 2.75) is 6.54 Å². The van der Waals surface area contributed by atoms with E-state index in [1.54, 1.807) is 11.3 Å². The molecule has 0 saturated heterocycles. The Morgan fingerprint density at radius 3 is 3.00 bits per heavy atom. The summed E-state index contributed by atoms with van der Waals surface area (Å²) in [4.78, 5) is 8.73. The fourth-order valence-corrected chi connectivity index (χ4v) is 3.09. The van der Waals surface area contributed by atoms with Crippen LogP contribution in [0.5, 0.6) is 0 Å². The van der Waals surface area contributed by atoms with Gasteiger partial charge in [0.1, 0.15) is 10.1 Å². The number of anilines is 1. The third kappa shape index (κ3) is 2.73. The molecular formula is C13H9BrClN3S. The Kier molecular flexibility index (Phi) is 3.68. The monoisotopic (exact) mass is 353 g/mol. The Labute approximate surface area is 127 Å². The predicted molar refractivity (Wildman–Crippen MR) is 83.9 cm³/mol. The van der Waals surface area contributed by atoms with E-state index < -0.39 is 0 Å². The van der Waals surface area contributed by atoms with Gasteiger partial charge in [-0.05, 0) is 40.2 Å². The first kappa shape index (κ1) is 12.8. The van der Waals surface area contributed by atoms with Crippen LogP contribution in [0.15, 0.2) is 40.4 Å². The molecule has 1 N–H and O–H groups in total. The maximum Gasteiger partial charge on any atom is 0.106 e. The van der Waals surface area contributed by atoms with Crippen LogP contribution in [-0.2, 0) is 6.54 Å². The lowest BCUT2D eigenvalue weighted by Gasteiger charge is -2.09. The van der Waals surface area contributed by atoms with Gasteiger partial charge in [0, 0.05) is 0 Å². The Morgan fingerprint density at radius 2 is 2.16 bits per heavy atom. The van der Waals surface area contributed by atoms with Crippen molar-refractivity contribution >= 4 is 54.8 Å². The highest BCUT2D eigenvalue weighted by atomic mass is 79.9.